The molecule has 1 saturated heterocycles. The van der Waals surface area contributed by atoms with Crippen LogP contribution in [0, 0.1) is 11.8 Å². The molecule has 1 heterocycles. The minimum absolute atomic E-state index is 0.0620. The Morgan fingerprint density at radius 1 is 1.11 bits per heavy atom. The maximum atomic E-state index is 12.4. The van der Waals surface area contributed by atoms with E-state index >= 15 is 0 Å². The molecular formula is C14H13BrClNO2. The lowest BCUT2D eigenvalue weighted by Crippen LogP contribution is -2.30. The molecule has 0 bridgehead atoms. The fraction of sp³-hybridized carbons (Fsp3) is 0.429. The number of imide groups is 1. The third kappa shape index (κ3) is 2.11. The summed E-state index contributed by atoms with van der Waals surface area (Å²) in [5.41, 5.74) is 0.581. The summed E-state index contributed by atoms with van der Waals surface area (Å²) in [5, 5.41) is 0.507. The predicted octanol–water partition coefficient (Wildman–Crippen LogP) is 3.78. The number of carbonyl (C=O) groups is 2. The summed E-state index contributed by atoms with van der Waals surface area (Å²) in [7, 11) is 0. The van der Waals surface area contributed by atoms with E-state index in [9.17, 15) is 9.59 Å². The van der Waals surface area contributed by atoms with E-state index in [1.807, 2.05) is 0 Å². The van der Waals surface area contributed by atoms with Gasteiger partial charge in [-0.15, -0.1) is 0 Å². The highest BCUT2D eigenvalue weighted by atomic mass is 79.9. The normalized spacial score (nSPS) is 26.7. The largest absolute Gasteiger partial charge is 0.274 e. The predicted molar refractivity (Wildman–Crippen MR) is 77.1 cm³/mol. The molecule has 19 heavy (non-hydrogen) atoms. The summed E-state index contributed by atoms with van der Waals surface area (Å²) in [6.45, 7) is 0. The first-order chi connectivity index (χ1) is 9.09. The van der Waals surface area contributed by atoms with Gasteiger partial charge in [0.05, 0.1) is 22.5 Å². The molecule has 1 aliphatic heterocycles. The van der Waals surface area contributed by atoms with E-state index in [4.69, 9.17) is 11.6 Å². The molecule has 3 nitrogen and oxygen atoms in total. The van der Waals surface area contributed by atoms with Crippen LogP contribution in [-0.2, 0) is 9.59 Å². The van der Waals surface area contributed by atoms with Gasteiger partial charge in [0.15, 0.2) is 0 Å². The molecule has 2 fully saturated rings. The van der Waals surface area contributed by atoms with Crippen LogP contribution in [-0.4, -0.2) is 11.8 Å². The molecule has 1 aromatic carbocycles. The maximum absolute atomic E-state index is 12.4. The standard InChI is InChI=1S/C14H13BrClNO2/c15-11-6-5-8(7-12(11)16)17-13(18)9-3-1-2-4-10(9)14(17)19/h5-7,9-10H,1-4H2/t9-,10-/m0/s1. The Kier molecular flexibility index (Phi) is 3.39. The molecule has 0 unspecified atom stereocenters. The monoisotopic (exact) mass is 341 g/mol. The van der Waals surface area contributed by atoms with Gasteiger partial charge in [0.2, 0.25) is 11.8 Å². The van der Waals surface area contributed by atoms with Crippen molar-refractivity contribution in [3.05, 3.63) is 27.7 Å². The minimum atomic E-state index is -0.122. The Morgan fingerprint density at radius 2 is 1.68 bits per heavy atom. The summed E-state index contributed by atoms with van der Waals surface area (Å²) >= 11 is 9.35. The van der Waals surface area contributed by atoms with Gasteiger partial charge in [0.1, 0.15) is 0 Å². The molecular weight excluding hydrogens is 330 g/mol. The van der Waals surface area contributed by atoms with E-state index in [1.165, 1.54) is 4.90 Å². The highest BCUT2D eigenvalue weighted by Crippen LogP contribution is 2.40. The molecule has 2 atom stereocenters. The van der Waals surface area contributed by atoms with E-state index in [-0.39, 0.29) is 23.7 Å². The molecule has 3 rings (SSSR count). The number of hydrogen-bond acceptors (Lipinski definition) is 2. The molecule has 0 spiro atoms. The second-order valence-corrected chi connectivity index (χ2v) is 6.37. The average Bonchev–Trinajstić information content (AvgIpc) is 2.66. The van der Waals surface area contributed by atoms with Crippen molar-refractivity contribution < 1.29 is 9.59 Å². The highest BCUT2D eigenvalue weighted by Gasteiger charge is 2.48. The van der Waals surface area contributed by atoms with Crippen molar-refractivity contribution in [1.82, 2.24) is 0 Å². The van der Waals surface area contributed by atoms with Crippen molar-refractivity contribution in [2.24, 2.45) is 11.8 Å². The zero-order valence-corrected chi connectivity index (χ0v) is 12.6. The molecule has 1 aromatic rings. The minimum Gasteiger partial charge on any atom is -0.274 e. The SMILES string of the molecule is O=C1[C@H]2CCCC[C@@H]2C(=O)N1c1ccc(Br)c(Cl)c1. The summed E-state index contributed by atoms with van der Waals surface area (Å²) in [4.78, 5) is 26.1. The van der Waals surface area contributed by atoms with Gasteiger partial charge in [-0.1, -0.05) is 24.4 Å². The number of amides is 2. The maximum Gasteiger partial charge on any atom is 0.237 e. The lowest BCUT2D eigenvalue weighted by atomic mass is 9.81. The molecule has 0 aromatic heterocycles. The second-order valence-electron chi connectivity index (χ2n) is 5.11. The Labute approximate surface area is 125 Å². The van der Waals surface area contributed by atoms with E-state index in [0.717, 1.165) is 30.2 Å². The molecule has 2 aliphatic rings. The summed E-state index contributed by atoms with van der Waals surface area (Å²) in [5.74, 6) is -0.367. The van der Waals surface area contributed by atoms with Crippen LogP contribution in [0.3, 0.4) is 0 Å². The zero-order valence-electron chi connectivity index (χ0n) is 10.2. The fourth-order valence-corrected chi connectivity index (χ4v) is 3.46. The van der Waals surface area contributed by atoms with Gasteiger partial charge >= 0.3 is 0 Å². The summed E-state index contributed by atoms with van der Waals surface area (Å²) < 4.78 is 0.759. The van der Waals surface area contributed by atoms with Crippen LogP contribution in [0.15, 0.2) is 22.7 Å². The first kappa shape index (κ1) is 13.1. The highest BCUT2D eigenvalue weighted by molar-refractivity contribution is 9.10. The van der Waals surface area contributed by atoms with Crippen LogP contribution < -0.4 is 4.90 Å². The third-order valence-corrected chi connectivity index (χ3v) is 5.23. The van der Waals surface area contributed by atoms with Crippen molar-refractivity contribution in [2.75, 3.05) is 4.90 Å². The Bertz CT molecular complexity index is 536. The molecule has 0 radical (unpaired) electrons. The molecule has 100 valence electrons. The molecule has 1 saturated carbocycles. The number of fused-ring (bicyclic) bond motifs is 1. The number of nitrogens with zero attached hydrogens (tertiary/aromatic N) is 1. The molecule has 2 amide bonds. The Hall–Kier alpha value is -0.870. The average molecular weight is 343 g/mol. The van der Waals surface area contributed by atoms with Crippen LogP contribution in [0.2, 0.25) is 5.02 Å². The number of hydrogen-bond donors (Lipinski definition) is 0. The van der Waals surface area contributed by atoms with Gasteiger partial charge in [-0.3, -0.25) is 14.5 Å². The van der Waals surface area contributed by atoms with E-state index in [2.05, 4.69) is 15.9 Å². The van der Waals surface area contributed by atoms with Crippen molar-refractivity contribution in [3.8, 4) is 0 Å². The van der Waals surface area contributed by atoms with Crippen molar-refractivity contribution in [1.29, 1.82) is 0 Å². The van der Waals surface area contributed by atoms with Gasteiger partial charge in [-0.2, -0.15) is 0 Å². The van der Waals surface area contributed by atoms with E-state index in [1.54, 1.807) is 18.2 Å². The first-order valence-corrected chi connectivity index (χ1v) is 7.59. The Morgan fingerprint density at radius 3 is 2.21 bits per heavy atom. The van der Waals surface area contributed by atoms with Crippen molar-refractivity contribution in [3.63, 3.8) is 0 Å². The lowest BCUT2D eigenvalue weighted by molar-refractivity contribution is -0.122. The quantitative estimate of drug-likeness (QED) is 0.728. The van der Waals surface area contributed by atoms with Crippen LogP contribution in [0.5, 0.6) is 0 Å². The van der Waals surface area contributed by atoms with Gasteiger partial charge in [0.25, 0.3) is 0 Å². The first-order valence-electron chi connectivity index (χ1n) is 6.42. The number of halogens is 2. The topological polar surface area (TPSA) is 37.4 Å². The summed E-state index contributed by atoms with van der Waals surface area (Å²) in [6.07, 6.45) is 3.73. The van der Waals surface area contributed by atoms with Gasteiger partial charge in [0, 0.05) is 4.47 Å². The molecule has 1 aliphatic carbocycles. The molecule has 5 heteroatoms. The zero-order chi connectivity index (χ0) is 13.6. The number of anilines is 1. The van der Waals surface area contributed by atoms with Crippen LogP contribution in [0.4, 0.5) is 5.69 Å². The van der Waals surface area contributed by atoms with E-state index in [0.29, 0.717) is 10.7 Å². The third-order valence-electron chi connectivity index (χ3n) is 4.00. The smallest absolute Gasteiger partial charge is 0.237 e. The van der Waals surface area contributed by atoms with Crippen molar-refractivity contribution in [2.45, 2.75) is 25.7 Å². The van der Waals surface area contributed by atoms with Crippen LogP contribution in [0.25, 0.3) is 0 Å². The van der Waals surface area contributed by atoms with Gasteiger partial charge in [-0.25, -0.2) is 0 Å². The summed E-state index contributed by atoms with van der Waals surface area (Å²) in [6, 6.07) is 5.18. The Balaban J connectivity index is 1.98. The van der Waals surface area contributed by atoms with Crippen LogP contribution in [0.1, 0.15) is 25.7 Å². The number of benzene rings is 1. The fourth-order valence-electron chi connectivity index (χ4n) is 3.04. The number of carbonyl (C=O) groups excluding carboxylic acids is 2. The molecule has 0 N–H and O–H groups in total. The van der Waals surface area contributed by atoms with Crippen LogP contribution >= 0.6 is 27.5 Å². The lowest BCUT2D eigenvalue weighted by Gasteiger charge is -2.19. The second kappa shape index (κ2) is 4.91. The number of rotatable bonds is 1. The van der Waals surface area contributed by atoms with Crippen molar-refractivity contribution >= 4 is 45.0 Å². The van der Waals surface area contributed by atoms with Gasteiger partial charge < -0.3 is 0 Å². The van der Waals surface area contributed by atoms with Gasteiger partial charge in [-0.05, 0) is 47.0 Å². The van der Waals surface area contributed by atoms with E-state index < -0.39 is 0 Å².